The molecule has 0 bridgehead atoms. The molecule has 0 aromatic carbocycles. The van der Waals surface area contributed by atoms with Crippen LogP contribution < -0.4 is 0 Å². The van der Waals surface area contributed by atoms with Gasteiger partial charge in [-0.1, -0.05) is 6.92 Å². The number of carbonyl (C=O) groups is 2. The van der Waals surface area contributed by atoms with Gasteiger partial charge in [0, 0.05) is 0 Å². The van der Waals surface area contributed by atoms with E-state index in [1.165, 1.54) is 0 Å². The van der Waals surface area contributed by atoms with Crippen molar-refractivity contribution in [2.75, 3.05) is 6.61 Å². The van der Waals surface area contributed by atoms with E-state index in [4.69, 9.17) is 5.11 Å². The third kappa shape index (κ3) is 4.23. The summed E-state index contributed by atoms with van der Waals surface area (Å²) in [6, 6.07) is 0. The van der Waals surface area contributed by atoms with Crippen LogP contribution in [0, 0.1) is 0 Å². The zero-order chi connectivity index (χ0) is 9.56. The highest BCUT2D eigenvalue weighted by atomic mass is 32.2. The Kier molecular flexibility index (Phi) is 5.53. The minimum atomic E-state index is -0.976. The van der Waals surface area contributed by atoms with Crippen LogP contribution in [0.15, 0.2) is 0 Å². The smallest absolute Gasteiger partial charge is 0.368 e. The quantitative estimate of drug-likeness (QED) is 0.687. The first-order valence-electron chi connectivity index (χ1n) is 3.68. The minimum Gasteiger partial charge on any atom is -0.480 e. The van der Waals surface area contributed by atoms with Crippen molar-refractivity contribution in [2.24, 2.45) is 0 Å². The van der Waals surface area contributed by atoms with Crippen molar-refractivity contribution in [1.82, 2.24) is 0 Å². The molecule has 0 aliphatic carbocycles. The summed E-state index contributed by atoms with van der Waals surface area (Å²) in [6.45, 7) is 3.67. The molecule has 0 aliphatic heterocycles. The molecule has 0 rings (SSSR count). The highest BCUT2D eigenvalue weighted by Crippen LogP contribution is 2.17. The third-order valence-electron chi connectivity index (χ3n) is 1.15. The maximum atomic E-state index is 10.8. The summed E-state index contributed by atoms with van der Waals surface area (Å²) in [5.41, 5.74) is 0. The van der Waals surface area contributed by atoms with Gasteiger partial charge in [0.15, 0.2) is 0 Å². The van der Waals surface area contributed by atoms with E-state index in [1.54, 1.807) is 13.8 Å². The summed E-state index contributed by atoms with van der Waals surface area (Å²) in [5, 5.41) is 7.35. The highest BCUT2D eigenvalue weighted by Gasteiger charge is 2.20. The molecule has 12 heavy (non-hydrogen) atoms. The van der Waals surface area contributed by atoms with E-state index in [1.807, 2.05) is 0 Å². The molecule has 5 heteroatoms. The Labute approximate surface area is 75.3 Å². The van der Waals surface area contributed by atoms with E-state index in [2.05, 4.69) is 4.74 Å². The number of hydrogen-bond acceptors (Lipinski definition) is 4. The summed E-state index contributed by atoms with van der Waals surface area (Å²) in [7, 11) is 0. The topological polar surface area (TPSA) is 63.6 Å². The summed E-state index contributed by atoms with van der Waals surface area (Å²) >= 11 is 0.717. The lowest BCUT2D eigenvalue weighted by Gasteiger charge is -2.06. The first-order chi connectivity index (χ1) is 5.61. The summed E-state index contributed by atoms with van der Waals surface area (Å²) in [5.74, 6) is -0.976. The second kappa shape index (κ2) is 5.88. The largest absolute Gasteiger partial charge is 0.480 e. The molecule has 1 unspecified atom stereocenters. The van der Waals surface area contributed by atoms with E-state index in [9.17, 15) is 9.59 Å². The number of carbonyl (C=O) groups excluding carboxylic acids is 1. The van der Waals surface area contributed by atoms with Gasteiger partial charge in [0.25, 0.3) is 0 Å². The molecule has 0 saturated heterocycles. The molecule has 70 valence electrons. The third-order valence-corrected chi connectivity index (χ3v) is 2.28. The predicted octanol–water partition coefficient (Wildman–Crippen LogP) is 1.74. The number of carboxylic acid groups (broad SMARTS) is 1. The number of hydrogen-bond donors (Lipinski definition) is 1. The zero-order valence-electron chi connectivity index (χ0n) is 7.07. The number of carboxylic acids is 1. The molecule has 0 spiro atoms. The van der Waals surface area contributed by atoms with E-state index < -0.39 is 16.5 Å². The Morgan fingerprint density at radius 3 is 2.42 bits per heavy atom. The van der Waals surface area contributed by atoms with Crippen molar-refractivity contribution in [3.8, 4) is 0 Å². The maximum absolute atomic E-state index is 10.8. The monoisotopic (exact) mass is 192 g/mol. The van der Waals surface area contributed by atoms with Gasteiger partial charge in [-0.2, -0.15) is 0 Å². The van der Waals surface area contributed by atoms with Crippen molar-refractivity contribution in [3.05, 3.63) is 0 Å². The van der Waals surface area contributed by atoms with Gasteiger partial charge in [0.2, 0.25) is 0 Å². The molecule has 0 saturated carbocycles. The number of rotatable bonds is 4. The van der Waals surface area contributed by atoms with Crippen LogP contribution in [-0.4, -0.2) is 28.2 Å². The van der Waals surface area contributed by atoms with E-state index in [0.29, 0.717) is 18.2 Å². The second-order valence-corrected chi connectivity index (χ2v) is 3.17. The van der Waals surface area contributed by atoms with Crippen LogP contribution in [0.5, 0.6) is 0 Å². The van der Waals surface area contributed by atoms with Crippen molar-refractivity contribution in [3.63, 3.8) is 0 Å². The standard InChI is InChI=1S/C7H12O4S/c1-3-5(6(8)9)12-7(10)11-4-2/h5H,3-4H2,1-2H3,(H,8,9). The molecular weight excluding hydrogens is 180 g/mol. The van der Waals surface area contributed by atoms with E-state index >= 15 is 0 Å². The first-order valence-corrected chi connectivity index (χ1v) is 4.56. The van der Waals surface area contributed by atoms with Crippen LogP contribution >= 0.6 is 11.8 Å². The van der Waals surface area contributed by atoms with Gasteiger partial charge in [-0.3, -0.25) is 4.79 Å². The fraction of sp³-hybridized carbons (Fsp3) is 0.714. The summed E-state index contributed by atoms with van der Waals surface area (Å²) in [6.07, 6.45) is 0.415. The van der Waals surface area contributed by atoms with Crippen molar-refractivity contribution in [1.29, 1.82) is 0 Å². The Bertz CT molecular complexity index is 169. The normalized spacial score (nSPS) is 12.2. The van der Waals surface area contributed by atoms with Crippen LogP contribution in [0.1, 0.15) is 20.3 Å². The summed E-state index contributed by atoms with van der Waals surface area (Å²) in [4.78, 5) is 21.2. The lowest BCUT2D eigenvalue weighted by molar-refractivity contribution is -0.136. The van der Waals surface area contributed by atoms with Gasteiger partial charge in [-0.25, -0.2) is 4.79 Å². The number of aliphatic carboxylic acids is 1. The first kappa shape index (κ1) is 11.3. The van der Waals surface area contributed by atoms with E-state index in [-0.39, 0.29) is 6.61 Å². The molecular formula is C7H12O4S. The molecule has 0 radical (unpaired) electrons. The Morgan fingerprint density at radius 2 is 2.08 bits per heavy atom. The van der Waals surface area contributed by atoms with Gasteiger partial charge < -0.3 is 9.84 Å². The molecule has 0 heterocycles. The van der Waals surface area contributed by atoms with Gasteiger partial charge in [-0.05, 0) is 25.1 Å². The molecule has 4 nitrogen and oxygen atoms in total. The number of thioether (sulfide) groups is 1. The Balaban J connectivity index is 3.85. The molecule has 1 N–H and O–H groups in total. The van der Waals surface area contributed by atoms with Crippen LogP contribution in [-0.2, 0) is 9.53 Å². The average molecular weight is 192 g/mol. The second-order valence-electron chi connectivity index (χ2n) is 2.04. The van der Waals surface area contributed by atoms with E-state index in [0.717, 1.165) is 0 Å². The fourth-order valence-electron chi connectivity index (χ4n) is 0.576. The van der Waals surface area contributed by atoms with Gasteiger partial charge in [0.1, 0.15) is 5.25 Å². The molecule has 0 amide bonds. The SMILES string of the molecule is CCOC(=O)SC(CC)C(=O)O. The lowest BCUT2D eigenvalue weighted by atomic mass is 10.3. The van der Waals surface area contributed by atoms with Crippen LogP contribution in [0.4, 0.5) is 4.79 Å². The molecule has 1 atom stereocenters. The van der Waals surface area contributed by atoms with Gasteiger partial charge >= 0.3 is 11.3 Å². The van der Waals surface area contributed by atoms with Crippen molar-refractivity contribution in [2.45, 2.75) is 25.5 Å². The van der Waals surface area contributed by atoms with Gasteiger partial charge in [-0.15, -0.1) is 0 Å². The average Bonchev–Trinajstić information content (AvgIpc) is 2.00. The van der Waals surface area contributed by atoms with Crippen LogP contribution in [0.3, 0.4) is 0 Å². The zero-order valence-corrected chi connectivity index (χ0v) is 7.89. The highest BCUT2D eigenvalue weighted by molar-refractivity contribution is 8.14. The maximum Gasteiger partial charge on any atom is 0.368 e. The number of ether oxygens (including phenoxy) is 1. The molecule has 0 aromatic heterocycles. The Morgan fingerprint density at radius 1 is 1.50 bits per heavy atom. The fourth-order valence-corrected chi connectivity index (χ4v) is 1.26. The molecule has 0 aliphatic rings. The van der Waals surface area contributed by atoms with Gasteiger partial charge in [0.05, 0.1) is 6.61 Å². The van der Waals surface area contributed by atoms with Crippen molar-refractivity contribution < 1.29 is 19.4 Å². The Hall–Kier alpha value is -0.710. The molecule has 0 fully saturated rings. The predicted molar refractivity (Wildman–Crippen MR) is 46.3 cm³/mol. The van der Waals surface area contributed by atoms with Crippen LogP contribution in [0.2, 0.25) is 0 Å². The minimum absolute atomic E-state index is 0.280. The summed E-state index contributed by atoms with van der Waals surface area (Å²) < 4.78 is 4.59. The molecule has 0 aromatic rings. The van der Waals surface area contributed by atoms with Crippen LogP contribution in [0.25, 0.3) is 0 Å². The van der Waals surface area contributed by atoms with Crippen molar-refractivity contribution >= 4 is 23.0 Å². The lowest BCUT2D eigenvalue weighted by Crippen LogP contribution is -2.17.